The number of hydrogen-bond acceptors (Lipinski definition) is 1. The quantitative estimate of drug-likeness (QED) is 0.160. The SMILES string of the molecule is Cc1cc2c(cc1N1c3cc(-c4ccccc4)cc4c3B(c3ccc5ccccc5c31)n1c3ccc(C56CC7CC(CC(C7)C5)C6)cc3c3cc(C56CC7CC(CC(C7)C5)C6)cc-4c31)C(C)(C)CCC2(C)C. The highest BCUT2D eigenvalue weighted by atomic mass is 15.2. The minimum absolute atomic E-state index is 0.0206. The van der Waals surface area contributed by atoms with Gasteiger partial charge < -0.3 is 9.38 Å². The molecule has 0 saturated heterocycles. The molecular weight excluding hydrogens is 868 g/mol. The summed E-state index contributed by atoms with van der Waals surface area (Å²) >= 11 is 0. The molecule has 72 heavy (non-hydrogen) atoms. The van der Waals surface area contributed by atoms with Gasteiger partial charge in [0.05, 0.1) is 5.69 Å². The van der Waals surface area contributed by atoms with Crippen LogP contribution in [0.5, 0.6) is 0 Å². The van der Waals surface area contributed by atoms with Crippen molar-refractivity contribution in [2.24, 2.45) is 35.5 Å². The smallest absolute Gasteiger partial charge is 0.333 e. The van der Waals surface area contributed by atoms with Crippen molar-refractivity contribution in [3.63, 3.8) is 0 Å². The Balaban J connectivity index is 0.999. The lowest BCUT2D eigenvalue weighted by molar-refractivity contribution is -0.00527. The first kappa shape index (κ1) is 41.9. The van der Waals surface area contributed by atoms with E-state index in [1.807, 2.05) is 0 Å². The van der Waals surface area contributed by atoms with Gasteiger partial charge in [0.15, 0.2) is 0 Å². The lowest BCUT2D eigenvalue weighted by atomic mass is 9.44. The van der Waals surface area contributed by atoms with Gasteiger partial charge >= 0.3 is 6.85 Å². The fourth-order valence-electron chi connectivity index (χ4n) is 19.8. The number of anilines is 3. The third-order valence-electron chi connectivity index (χ3n) is 22.4. The maximum Gasteiger partial charge on any atom is 0.333 e. The lowest BCUT2D eigenvalue weighted by Gasteiger charge is -2.57. The van der Waals surface area contributed by atoms with Crippen molar-refractivity contribution in [1.29, 1.82) is 0 Å². The number of aryl methyl sites for hydroxylation is 1. The monoisotopic (exact) mass is 937 g/mol. The molecule has 11 aliphatic rings. The van der Waals surface area contributed by atoms with E-state index in [4.69, 9.17) is 0 Å². The molecule has 8 saturated carbocycles. The largest absolute Gasteiger partial charge is 0.375 e. The molecule has 0 spiro atoms. The van der Waals surface area contributed by atoms with Gasteiger partial charge in [-0.25, -0.2) is 0 Å². The third kappa shape index (κ3) is 5.54. The standard InChI is InChI=1S/C69H69BN2/c1-40-21-57-58(67(4,5)20-19-66(57,2)3)33-61(40)71-62-29-49(47-11-7-6-8-12-47)28-54-56-32-51(69-37-44-25-45(38-69)27-46(26-44)39-69)31-55-53-30-50(68-34-41-22-42(35-68)24-43(23-41)36-68)16-18-60(53)72(64(55)56)70(63(54)62)59-17-15-48-13-9-10-14-52(48)65(59)71/h6-18,21,28-33,41-46H,19-20,22-27,34-39H2,1-5H3. The summed E-state index contributed by atoms with van der Waals surface area (Å²) in [5.74, 6) is 5.43. The fraction of sp³-hybridized carbons (Fsp3) is 0.420. The molecule has 8 fully saturated rings. The Morgan fingerprint density at radius 1 is 0.486 bits per heavy atom. The second-order valence-corrected chi connectivity index (χ2v) is 27.7. The van der Waals surface area contributed by atoms with Gasteiger partial charge in [0.2, 0.25) is 0 Å². The summed E-state index contributed by atoms with van der Waals surface area (Å²) in [7, 11) is 0. The first-order valence-corrected chi connectivity index (χ1v) is 28.7. The van der Waals surface area contributed by atoms with Gasteiger partial charge in [-0.15, -0.1) is 0 Å². The number of hydrogen-bond donors (Lipinski definition) is 0. The summed E-state index contributed by atoms with van der Waals surface area (Å²) in [5.41, 5.74) is 23.9. The predicted molar refractivity (Wildman–Crippen MR) is 303 cm³/mol. The summed E-state index contributed by atoms with van der Waals surface area (Å²) in [5, 5.41) is 5.69. The summed E-state index contributed by atoms with van der Waals surface area (Å²) < 4.78 is 2.90. The van der Waals surface area contributed by atoms with Crippen LogP contribution in [-0.2, 0) is 21.7 Å². The van der Waals surface area contributed by atoms with E-state index in [9.17, 15) is 0 Å². The van der Waals surface area contributed by atoms with Crippen LogP contribution >= 0.6 is 0 Å². The zero-order chi connectivity index (χ0) is 47.8. The van der Waals surface area contributed by atoms with E-state index in [0.717, 1.165) is 35.5 Å². The third-order valence-corrected chi connectivity index (χ3v) is 22.4. The second kappa shape index (κ2) is 14.0. The number of fused-ring (bicyclic) bond motifs is 10. The molecule has 2 nitrogen and oxygen atoms in total. The van der Waals surface area contributed by atoms with Gasteiger partial charge in [0, 0.05) is 44.1 Å². The first-order chi connectivity index (χ1) is 34.9. The second-order valence-electron chi connectivity index (χ2n) is 27.7. The maximum absolute atomic E-state index is 2.90. The van der Waals surface area contributed by atoms with Crippen molar-refractivity contribution in [2.45, 2.75) is 146 Å². The molecule has 8 aromatic rings. The first-order valence-electron chi connectivity index (χ1n) is 28.7. The van der Waals surface area contributed by atoms with Gasteiger partial charge in [0.1, 0.15) is 0 Å². The van der Waals surface area contributed by atoms with Crippen molar-refractivity contribution < 1.29 is 0 Å². The van der Waals surface area contributed by atoms with Crippen LogP contribution < -0.4 is 15.8 Å². The zero-order valence-electron chi connectivity index (χ0n) is 43.4. The Morgan fingerprint density at radius 3 is 1.75 bits per heavy atom. The molecule has 3 heteroatoms. The molecule has 0 radical (unpaired) electrons. The molecule has 2 aliphatic heterocycles. The minimum atomic E-state index is 0.0206. The summed E-state index contributed by atoms with van der Waals surface area (Å²) in [4.78, 5) is 2.79. The van der Waals surface area contributed by atoms with E-state index in [0.29, 0.717) is 5.41 Å². The molecule has 19 rings (SSSR count). The van der Waals surface area contributed by atoms with E-state index < -0.39 is 0 Å². The number of benzene rings is 7. The van der Waals surface area contributed by atoms with Crippen molar-refractivity contribution in [1.82, 2.24) is 4.48 Å². The Bertz CT molecular complexity index is 3620. The van der Waals surface area contributed by atoms with Gasteiger partial charge in [-0.1, -0.05) is 107 Å². The zero-order valence-corrected chi connectivity index (χ0v) is 43.4. The fourth-order valence-corrected chi connectivity index (χ4v) is 19.8. The normalized spacial score (nSPS) is 30.3. The van der Waals surface area contributed by atoms with Gasteiger partial charge in [0.25, 0.3) is 0 Å². The van der Waals surface area contributed by atoms with Crippen molar-refractivity contribution in [3.05, 3.63) is 149 Å². The van der Waals surface area contributed by atoms with Crippen LogP contribution in [-0.4, -0.2) is 11.3 Å². The number of aromatic nitrogens is 1. The topological polar surface area (TPSA) is 8.17 Å². The molecule has 1 aromatic heterocycles. The molecule has 0 atom stereocenters. The summed E-state index contributed by atoms with van der Waals surface area (Å²) in [6, 6.07) is 49.9. The van der Waals surface area contributed by atoms with Gasteiger partial charge in [-0.3, -0.25) is 0 Å². The van der Waals surface area contributed by atoms with E-state index >= 15 is 0 Å². The van der Waals surface area contributed by atoms with Crippen LogP contribution in [0.3, 0.4) is 0 Å². The van der Waals surface area contributed by atoms with Crippen LogP contribution in [0.25, 0.3) is 54.8 Å². The Kier molecular flexibility index (Phi) is 8.14. The van der Waals surface area contributed by atoms with Gasteiger partial charge in [-0.05, 0) is 257 Å². The highest BCUT2D eigenvalue weighted by Gasteiger charge is 2.54. The molecule has 7 aromatic carbocycles. The number of rotatable bonds is 4. The molecule has 8 bridgehead atoms. The van der Waals surface area contributed by atoms with Crippen LogP contribution in [0, 0.1) is 42.4 Å². The minimum Gasteiger partial charge on any atom is -0.375 e. The molecular formula is C69H69BN2. The Labute approximate surface area is 427 Å². The van der Waals surface area contributed by atoms with Crippen molar-refractivity contribution in [2.75, 3.05) is 4.90 Å². The molecule has 0 N–H and O–H groups in total. The Hall–Kier alpha value is -5.54. The van der Waals surface area contributed by atoms with Crippen LogP contribution in [0.2, 0.25) is 0 Å². The van der Waals surface area contributed by atoms with E-state index in [1.54, 1.807) is 11.1 Å². The van der Waals surface area contributed by atoms with Crippen LogP contribution in [0.4, 0.5) is 17.1 Å². The van der Waals surface area contributed by atoms with Crippen molar-refractivity contribution in [3.8, 4) is 22.3 Å². The van der Waals surface area contributed by atoms with Crippen molar-refractivity contribution >= 4 is 67.4 Å². The average molecular weight is 937 g/mol. The average Bonchev–Trinajstić information content (AvgIpc) is 3.70. The van der Waals surface area contributed by atoms with Gasteiger partial charge in [-0.2, -0.15) is 0 Å². The summed E-state index contributed by atoms with van der Waals surface area (Å²) in [6.07, 6.45) is 19.6. The molecule has 358 valence electrons. The molecule has 0 amide bonds. The van der Waals surface area contributed by atoms with E-state index in [-0.39, 0.29) is 23.1 Å². The van der Waals surface area contributed by atoms with Crippen LogP contribution in [0.15, 0.2) is 121 Å². The highest BCUT2D eigenvalue weighted by Crippen LogP contribution is 2.64. The van der Waals surface area contributed by atoms with E-state index in [2.05, 4.69) is 165 Å². The predicted octanol–water partition coefficient (Wildman–Crippen LogP) is 16.6. The number of nitrogens with zero attached hydrogens (tertiary/aromatic N) is 2. The molecule has 9 aliphatic carbocycles. The molecule has 0 unspecified atom stereocenters. The van der Waals surface area contributed by atoms with Crippen LogP contribution in [0.1, 0.15) is 145 Å². The molecule has 3 heterocycles. The Morgan fingerprint density at radius 2 is 1.08 bits per heavy atom. The summed E-state index contributed by atoms with van der Waals surface area (Å²) in [6.45, 7) is 12.4. The maximum atomic E-state index is 2.90. The highest BCUT2D eigenvalue weighted by molar-refractivity contribution is 6.90. The lowest BCUT2D eigenvalue weighted by Crippen LogP contribution is -2.57. The van der Waals surface area contributed by atoms with E-state index in [1.165, 1.54) is 189 Å².